The Morgan fingerprint density at radius 2 is 1.77 bits per heavy atom. The molecule has 0 saturated heterocycles. The molecule has 0 bridgehead atoms. The van der Waals surface area contributed by atoms with Gasteiger partial charge in [-0.15, -0.1) is 0 Å². The predicted octanol–water partition coefficient (Wildman–Crippen LogP) is 4.35. The van der Waals surface area contributed by atoms with Crippen molar-refractivity contribution >= 4 is 0 Å². The first-order valence-corrected chi connectivity index (χ1v) is 5.89. The maximum absolute atomic E-state index is 2.43. The van der Waals surface area contributed by atoms with Gasteiger partial charge in [0.2, 0.25) is 0 Å². The van der Waals surface area contributed by atoms with Crippen LogP contribution in [0.2, 0.25) is 0 Å². The van der Waals surface area contributed by atoms with Crippen LogP contribution < -0.4 is 0 Å². The summed E-state index contributed by atoms with van der Waals surface area (Å²) in [4.78, 5) is 0. The first kappa shape index (κ1) is 11.1. The summed E-state index contributed by atoms with van der Waals surface area (Å²) in [5.74, 6) is 3.93. The lowest BCUT2D eigenvalue weighted by atomic mass is 9.83. The van der Waals surface area contributed by atoms with Crippen molar-refractivity contribution in [3.63, 3.8) is 0 Å². The zero-order chi connectivity index (χ0) is 10.2. The monoisotopic (exact) mass is 182 g/mol. The summed E-state index contributed by atoms with van der Waals surface area (Å²) >= 11 is 0. The smallest absolute Gasteiger partial charge is 0.0331 e. The minimum atomic E-state index is 0.572. The largest absolute Gasteiger partial charge is 0.0649 e. The van der Waals surface area contributed by atoms with Gasteiger partial charge in [0.15, 0.2) is 0 Å². The van der Waals surface area contributed by atoms with Crippen molar-refractivity contribution in [2.45, 2.75) is 54.4 Å². The fourth-order valence-corrected chi connectivity index (χ4v) is 2.79. The third-order valence-corrected chi connectivity index (χ3v) is 4.15. The van der Waals surface area contributed by atoms with Gasteiger partial charge in [0.05, 0.1) is 0 Å². The highest BCUT2D eigenvalue weighted by atomic mass is 14.5. The van der Waals surface area contributed by atoms with E-state index in [4.69, 9.17) is 0 Å². The van der Waals surface area contributed by atoms with E-state index < -0.39 is 0 Å². The third kappa shape index (κ3) is 2.48. The topological polar surface area (TPSA) is 0 Å². The van der Waals surface area contributed by atoms with Crippen molar-refractivity contribution < 1.29 is 0 Å². The molecule has 3 atom stereocenters. The van der Waals surface area contributed by atoms with E-state index in [0.29, 0.717) is 5.41 Å². The molecule has 0 aromatic rings. The molecule has 0 N–H and O–H groups in total. The van der Waals surface area contributed by atoms with E-state index in [1.165, 1.54) is 12.8 Å². The Bertz CT molecular complexity index is 167. The fourth-order valence-electron chi connectivity index (χ4n) is 2.79. The second-order valence-electron chi connectivity index (χ2n) is 6.07. The van der Waals surface area contributed by atoms with E-state index in [0.717, 1.165) is 23.7 Å². The minimum Gasteiger partial charge on any atom is -0.0649 e. The molecule has 3 unspecified atom stereocenters. The Labute approximate surface area is 84.1 Å². The summed E-state index contributed by atoms with van der Waals surface area (Å²) in [7, 11) is 0. The summed E-state index contributed by atoms with van der Waals surface area (Å²) in [6.45, 7) is 14.3. The quantitative estimate of drug-likeness (QED) is 0.606. The van der Waals surface area contributed by atoms with E-state index in [-0.39, 0.29) is 0 Å². The van der Waals surface area contributed by atoms with Crippen molar-refractivity contribution in [3.8, 4) is 0 Å². The summed E-state index contributed by atoms with van der Waals surface area (Å²) in [6, 6.07) is 0. The van der Waals surface area contributed by atoms with Crippen molar-refractivity contribution in [2.24, 2.45) is 29.1 Å². The van der Waals surface area contributed by atoms with Crippen LogP contribution in [0.15, 0.2) is 0 Å². The third-order valence-electron chi connectivity index (χ3n) is 4.15. The molecule has 1 rings (SSSR count). The van der Waals surface area contributed by atoms with Crippen LogP contribution in [0.1, 0.15) is 54.4 Å². The molecular weight excluding hydrogens is 156 g/mol. The molecule has 0 amide bonds. The second-order valence-corrected chi connectivity index (χ2v) is 6.07. The lowest BCUT2D eigenvalue weighted by molar-refractivity contribution is 0.286. The fraction of sp³-hybridized carbons (Fsp3) is 1.00. The van der Waals surface area contributed by atoms with Crippen LogP contribution in [0.25, 0.3) is 0 Å². The van der Waals surface area contributed by atoms with Crippen LogP contribution in [0.4, 0.5) is 0 Å². The molecule has 0 aliphatic heterocycles. The van der Waals surface area contributed by atoms with Gasteiger partial charge in [-0.2, -0.15) is 0 Å². The average Bonchev–Trinajstić information content (AvgIpc) is 2.61. The van der Waals surface area contributed by atoms with Gasteiger partial charge in [-0.3, -0.25) is 0 Å². The SMILES string of the molecule is CCC(C)(C)CC1C(C)C1C(C)C. The summed E-state index contributed by atoms with van der Waals surface area (Å²) in [5.41, 5.74) is 0.572. The molecule has 1 aliphatic carbocycles. The average molecular weight is 182 g/mol. The number of hydrogen-bond acceptors (Lipinski definition) is 0. The van der Waals surface area contributed by atoms with Gasteiger partial charge in [-0.05, 0) is 35.5 Å². The molecule has 0 heterocycles. The van der Waals surface area contributed by atoms with E-state index in [9.17, 15) is 0 Å². The van der Waals surface area contributed by atoms with Crippen LogP contribution in [-0.4, -0.2) is 0 Å². The maximum atomic E-state index is 2.43. The van der Waals surface area contributed by atoms with Crippen LogP contribution in [0.5, 0.6) is 0 Å². The van der Waals surface area contributed by atoms with Crippen molar-refractivity contribution in [3.05, 3.63) is 0 Å². The van der Waals surface area contributed by atoms with Gasteiger partial charge < -0.3 is 0 Å². The van der Waals surface area contributed by atoms with Crippen molar-refractivity contribution in [2.75, 3.05) is 0 Å². The highest BCUT2D eigenvalue weighted by Crippen LogP contribution is 2.55. The molecule has 1 fully saturated rings. The van der Waals surface area contributed by atoms with Crippen LogP contribution in [-0.2, 0) is 0 Å². The first-order valence-electron chi connectivity index (χ1n) is 5.89. The van der Waals surface area contributed by atoms with E-state index >= 15 is 0 Å². The Kier molecular flexibility index (Phi) is 3.09. The van der Waals surface area contributed by atoms with Gasteiger partial charge >= 0.3 is 0 Å². The molecule has 0 aromatic heterocycles. The van der Waals surface area contributed by atoms with Gasteiger partial charge in [0.1, 0.15) is 0 Å². The normalized spacial score (nSPS) is 33.9. The summed E-state index contributed by atoms with van der Waals surface area (Å²) < 4.78 is 0. The number of rotatable bonds is 4. The van der Waals surface area contributed by atoms with E-state index in [1.54, 1.807) is 0 Å². The predicted molar refractivity (Wildman–Crippen MR) is 59.7 cm³/mol. The van der Waals surface area contributed by atoms with Crippen LogP contribution in [0.3, 0.4) is 0 Å². The molecule has 0 radical (unpaired) electrons. The molecular formula is C13H26. The zero-order valence-corrected chi connectivity index (χ0v) is 10.2. The van der Waals surface area contributed by atoms with E-state index in [2.05, 4.69) is 41.5 Å². The standard InChI is InChI=1S/C13H26/c1-7-13(5,6)8-11-10(4)12(11)9(2)3/h9-12H,7-8H2,1-6H3. The molecule has 0 aromatic carbocycles. The van der Waals surface area contributed by atoms with E-state index in [1.807, 2.05) is 0 Å². The summed E-state index contributed by atoms with van der Waals surface area (Å²) in [6.07, 6.45) is 2.76. The van der Waals surface area contributed by atoms with Gasteiger partial charge in [-0.1, -0.05) is 48.0 Å². The lowest BCUT2D eigenvalue weighted by Gasteiger charge is -2.22. The number of hydrogen-bond donors (Lipinski definition) is 0. The molecule has 0 spiro atoms. The highest BCUT2D eigenvalue weighted by molar-refractivity contribution is 4.97. The van der Waals surface area contributed by atoms with Crippen molar-refractivity contribution in [1.82, 2.24) is 0 Å². The second kappa shape index (κ2) is 3.63. The molecule has 78 valence electrons. The van der Waals surface area contributed by atoms with Crippen LogP contribution in [0, 0.1) is 29.1 Å². The van der Waals surface area contributed by atoms with Crippen molar-refractivity contribution in [1.29, 1.82) is 0 Å². The molecule has 1 aliphatic rings. The zero-order valence-electron chi connectivity index (χ0n) is 10.2. The molecule has 0 heteroatoms. The maximum Gasteiger partial charge on any atom is -0.0331 e. The minimum absolute atomic E-state index is 0.572. The lowest BCUT2D eigenvalue weighted by Crippen LogP contribution is -2.11. The Morgan fingerprint density at radius 1 is 1.23 bits per heavy atom. The van der Waals surface area contributed by atoms with Gasteiger partial charge in [-0.25, -0.2) is 0 Å². The summed E-state index contributed by atoms with van der Waals surface area (Å²) in [5, 5.41) is 0. The molecule has 1 saturated carbocycles. The molecule has 0 nitrogen and oxygen atoms in total. The van der Waals surface area contributed by atoms with Gasteiger partial charge in [0.25, 0.3) is 0 Å². The highest BCUT2D eigenvalue weighted by Gasteiger charge is 2.49. The Balaban J connectivity index is 2.41. The Morgan fingerprint density at radius 3 is 2.08 bits per heavy atom. The molecule has 13 heavy (non-hydrogen) atoms. The first-order chi connectivity index (χ1) is 5.89. The van der Waals surface area contributed by atoms with Gasteiger partial charge in [0, 0.05) is 0 Å². The van der Waals surface area contributed by atoms with Crippen LogP contribution >= 0.6 is 0 Å². The Hall–Kier alpha value is 0.